The minimum Gasteiger partial charge on any atom is -0.461 e. The number of H-pyrrole nitrogens is 1. The minimum atomic E-state index is -0.338. The zero-order chi connectivity index (χ0) is 11.3. The fourth-order valence-electron chi connectivity index (χ4n) is 1.26. The maximum absolute atomic E-state index is 11.4. The maximum atomic E-state index is 11.4. The van der Waals surface area contributed by atoms with Crippen molar-refractivity contribution in [1.82, 2.24) is 4.98 Å². The van der Waals surface area contributed by atoms with E-state index in [9.17, 15) is 4.79 Å². The highest BCUT2D eigenvalue weighted by atomic mass is 16.5. The van der Waals surface area contributed by atoms with Crippen LogP contribution in [0.4, 0.5) is 5.69 Å². The Kier molecular flexibility index (Phi) is 4.21. The molecule has 0 radical (unpaired) electrons. The highest BCUT2D eigenvalue weighted by Crippen LogP contribution is 2.07. The molecule has 0 bridgehead atoms. The SMILES string of the molecule is CC(C)CCCOC(=O)c1cc(N)c[nH]1. The molecule has 1 aromatic rings. The van der Waals surface area contributed by atoms with Gasteiger partial charge in [-0.1, -0.05) is 13.8 Å². The van der Waals surface area contributed by atoms with Crippen molar-refractivity contribution in [3.8, 4) is 0 Å². The van der Waals surface area contributed by atoms with Crippen LogP contribution in [0.3, 0.4) is 0 Å². The Morgan fingerprint density at radius 3 is 2.87 bits per heavy atom. The summed E-state index contributed by atoms with van der Waals surface area (Å²) in [7, 11) is 0. The second-order valence-electron chi connectivity index (χ2n) is 4.02. The van der Waals surface area contributed by atoms with Crippen molar-refractivity contribution < 1.29 is 9.53 Å². The molecule has 4 nitrogen and oxygen atoms in total. The Bertz CT molecular complexity index is 318. The molecule has 0 atom stereocenters. The first-order valence-corrected chi connectivity index (χ1v) is 5.20. The number of esters is 1. The van der Waals surface area contributed by atoms with Gasteiger partial charge in [0, 0.05) is 6.20 Å². The number of ether oxygens (including phenoxy) is 1. The largest absolute Gasteiger partial charge is 0.461 e. The van der Waals surface area contributed by atoms with Crippen LogP contribution in [0, 0.1) is 5.92 Å². The normalized spacial score (nSPS) is 10.6. The van der Waals surface area contributed by atoms with Crippen LogP contribution in [0.15, 0.2) is 12.3 Å². The number of carbonyl (C=O) groups is 1. The number of anilines is 1. The van der Waals surface area contributed by atoms with Gasteiger partial charge in [0.05, 0.1) is 12.3 Å². The van der Waals surface area contributed by atoms with E-state index in [0.717, 1.165) is 12.8 Å². The van der Waals surface area contributed by atoms with Gasteiger partial charge in [0.15, 0.2) is 0 Å². The summed E-state index contributed by atoms with van der Waals surface area (Å²) in [6, 6.07) is 1.57. The lowest BCUT2D eigenvalue weighted by molar-refractivity contribution is 0.0488. The maximum Gasteiger partial charge on any atom is 0.354 e. The van der Waals surface area contributed by atoms with Gasteiger partial charge in [0.25, 0.3) is 0 Å². The van der Waals surface area contributed by atoms with Crippen molar-refractivity contribution in [2.75, 3.05) is 12.3 Å². The van der Waals surface area contributed by atoms with E-state index in [2.05, 4.69) is 18.8 Å². The molecule has 0 aromatic carbocycles. The van der Waals surface area contributed by atoms with Crippen molar-refractivity contribution in [3.63, 3.8) is 0 Å². The van der Waals surface area contributed by atoms with Gasteiger partial charge in [-0.05, 0) is 24.8 Å². The van der Waals surface area contributed by atoms with Crippen LogP contribution in [0.2, 0.25) is 0 Å². The van der Waals surface area contributed by atoms with E-state index in [1.165, 1.54) is 0 Å². The van der Waals surface area contributed by atoms with Gasteiger partial charge >= 0.3 is 5.97 Å². The van der Waals surface area contributed by atoms with Crippen molar-refractivity contribution in [2.24, 2.45) is 5.92 Å². The van der Waals surface area contributed by atoms with Gasteiger partial charge in [0.2, 0.25) is 0 Å². The third-order valence-electron chi connectivity index (χ3n) is 2.08. The summed E-state index contributed by atoms with van der Waals surface area (Å²) >= 11 is 0. The van der Waals surface area contributed by atoms with Gasteiger partial charge < -0.3 is 15.5 Å². The van der Waals surface area contributed by atoms with Crippen molar-refractivity contribution in [2.45, 2.75) is 26.7 Å². The molecule has 0 aliphatic rings. The van der Waals surface area contributed by atoms with Gasteiger partial charge in [0.1, 0.15) is 5.69 Å². The van der Waals surface area contributed by atoms with Crippen LogP contribution >= 0.6 is 0 Å². The van der Waals surface area contributed by atoms with Crippen LogP contribution < -0.4 is 5.73 Å². The Labute approximate surface area is 89.8 Å². The fourth-order valence-corrected chi connectivity index (χ4v) is 1.26. The zero-order valence-corrected chi connectivity index (χ0v) is 9.25. The van der Waals surface area contributed by atoms with Gasteiger partial charge in [-0.3, -0.25) is 0 Å². The third kappa shape index (κ3) is 4.06. The van der Waals surface area contributed by atoms with Crippen LogP contribution in [0.1, 0.15) is 37.2 Å². The highest BCUT2D eigenvalue weighted by molar-refractivity contribution is 5.88. The van der Waals surface area contributed by atoms with E-state index in [-0.39, 0.29) is 5.97 Å². The molecular formula is C11H18N2O2. The summed E-state index contributed by atoms with van der Waals surface area (Å²) in [5.41, 5.74) is 6.43. The lowest BCUT2D eigenvalue weighted by Gasteiger charge is -2.05. The Balaban J connectivity index is 2.25. The number of hydrogen-bond acceptors (Lipinski definition) is 3. The highest BCUT2D eigenvalue weighted by Gasteiger charge is 2.08. The number of aromatic amines is 1. The molecule has 0 unspecified atom stereocenters. The smallest absolute Gasteiger partial charge is 0.354 e. The molecule has 1 heterocycles. The van der Waals surface area contributed by atoms with E-state index in [1.807, 2.05) is 0 Å². The molecule has 84 valence electrons. The molecule has 15 heavy (non-hydrogen) atoms. The molecule has 3 N–H and O–H groups in total. The van der Waals surface area contributed by atoms with Crippen LogP contribution in [0.5, 0.6) is 0 Å². The number of hydrogen-bond donors (Lipinski definition) is 2. The van der Waals surface area contributed by atoms with E-state index in [1.54, 1.807) is 12.3 Å². The molecule has 1 aromatic heterocycles. The summed E-state index contributed by atoms with van der Waals surface area (Å²) in [5, 5.41) is 0. The predicted octanol–water partition coefficient (Wildman–Crippen LogP) is 2.19. The minimum absolute atomic E-state index is 0.338. The third-order valence-corrected chi connectivity index (χ3v) is 2.08. The zero-order valence-electron chi connectivity index (χ0n) is 9.25. The number of nitrogens with two attached hydrogens (primary N) is 1. The molecule has 0 saturated carbocycles. The van der Waals surface area contributed by atoms with Crippen LogP contribution in [-0.2, 0) is 4.74 Å². The van der Waals surface area contributed by atoms with Crippen molar-refractivity contribution in [3.05, 3.63) is 18.0 Å². The lowest BCUT2D eigenvalue weighted by Crippen LogP contribution is -2.07. The molecule has 0 saturated heterocycles. The van der Waals surface area contributed by atoms with E-state index in [0.29, 0.717) is 23.9 Å². The number of nitrogen functional groups attached to an aromatic ring is 1. The van der Waals surface area contributed by atoms with Gasteiger partial charge in [-0.25, -0.2) is 4.79 Å². The quantitative estimate of drug-likeness (QED) is 0.578. The topological polar surface area (TPSA) is 68.1 Å². The van der Waals surface area contributed by atoms with E-state index >= 15 is 0 Å². The first-order valence-electron chi connectivity index (χ1n) is 5.20. The lowest BCUT2D eigenvalue weighted by atomic mass is 10.1. The molecule has 0 spiro atoms. The Morgan fingerprint density at radius 2 is 2.33 bits per heavy atom. The number of aromatic nitrogens is 1. The molecule has 0 aliphatic carbocycles. The van der Waals surface area contributed by atoms with E-state index < -0.39 is 0 Å². The van der Waals surface area contributed by atoms with E-state index in [4.69, 9.17) is 10.5 Å². The number of nitrogens with one attached hydrogen (secondary N) is 1. The average Bonchev–Trinajstić information content (AvgIpc) is 2.59. The molecular weight excluding hydrogens is 192 g/mol. The summed E-state index contributed by atoms with van der Waals surface area (Å²) < 4.78 is 5.07. The summed E-state index contributed by atoms with van der Waals surface area (Å²) in [6.07, 6.45) is 3.55. The molecule has 1 rings (SSSR count). The molecule has 4 heteroatoms. The first kappa shape index (κ1) is 11.6. The second-order valence-corrected chi connectivity index (χ2v) is 4.02. The predicted molar refractivity (Wildman–Crippen MR) is 59.6 cm³/mol. The van der Waals surface area contributed by atoms with Gasteiger partial charge in [-0.2, -0.15) is 0 Å². The second kappa shape index (κ2) is 5.44. The van der Waals surface area contributed by atoms with Crippen molar-refractivity contribution >= 4 is 11.7 Å². The fraction of sp³-hybridized carbons (Fsp3) is 0.545. The number of rotatable bonds is 5. The first-order chi connectivity index (χ1) is 7.09. The number of carbonyl (C=O) groups excluding carboxylic acids is 1. The van der Waals surface area contributed by atoms with Gasteiger partial charge in [-0.15, -0.1) is 0 Å². The monoisotopic (exact) mass is 210 g/mol. The summed E-state index contributed by atoms with van der Waals surface area (Å²) in [6.45, 7) is 4.76. The summed E-state index contributed by atoms with van der Waals surface area (Å²) in [5.74, 6) is 0.306. The Morgan fingerprint density at radius 1 is 1.60 bits per heavy atom. The molecule has 0 fully saturated rings. The van der Waals surface area contributed by atoms with Crippen LogP contribution in [-0.4, -0.2) is 17.6 Å². The molecule has 0 amide bonds. The van der Waals surface area contributed by atoms with Crippen LogP contribution in [0.25, 0.3) is 0 Å². The van der Waals surface area contributed by atoms with Crippen molar-refractivity contribution in [1.29, 1.82) is 0 Å². The average molecular weight is 210 g/mol. The standard InChI is InChI=1S/C11H18N2O2/c1-8(2)4-3-5-15-11(14)10-6-9(12)7-13-10/h6-8,13H,3-5,12H2,1-2H3. The molecule has 0 aliphatic heterocycles. The summed E-state index contributed by atoms with van der Waals surface area (Å²) in [4.78, 5) is 14.1. The Hall–Kier alpha value is -1.45.